The monoisotopic (exact) mass is 318 g/mol. The Hall–Kier alpha value is -1.66. The fourth-order valence-corrected chi connectivity index (χ4v) is 3.45. The molecule has 1 aromatic heterocycles. The first-order chi connectivity index (χ1) is 10.7. The third-order valence-corrected chi connectivity index (χ3v) is 4.78. The number of methoxy groups -OCH3 is 1. The van der Waals surface area contributed by atoms with Crippen molar-refractivity contribution in [2.45, 2.75) is 32.4 Å². The van der Waals surface area contributed by atoms with E-state index in [1.807, 2.05) is 12.1 Å². The average molecular weight is 318 g/mol. The number of nitrogens with one attached hydrogen (secondary N) is 1. The first kappa shape index (κ1) is 15.2. The van der Waals surface area contributed by atoms with Crippen LogP contribution in [0.3, 0.4) is 0 Å². The molecule has 1 aliphatic rings. The van der Waals surface area contributed by atoms with E-state index in [4.69, 9.17) is 9.72 Å². The van der Waals surface area contributed by atoms with Gasteiger partial charge in [-0.2, -0.15) is 4.37 Å². The molecule has 1 saturated heterocycles. The van der Waals surface area contributed by atoms with Crippen LogP contribution in [0.4, 0.5) is 5.13 Å². The predicted molar refractivity (Wildman–Crippen MR) is 90.0 cm³/mol. The van der Waals surface area contributed by atoms with Gasteiger partial charge in [0, 0.05) is 43.1 Å². The van der Waals surface area contributed by atoms with Gasteiger partial charge in [-0.15, -0.1) is 0 Å². The Morgan fingerprint density at radius 1 is 1.32 bits per heavy atom. The van der Waals surface area contributed by atoms with E-state index in [1.165, 1.54) is 17.1 Å². The molecule has 22 heavy (non-hydrogen) atoms. The predicted octanol–water partition coefficient (Wildman–Crippen LogP) is 2.32. The van der Waals surface area contributed by atoms with Crippen molar-refractivity contribution in [1.29, 1.82) is 0 Å². The Bertz CT molecular complexity index is 613. The quantitative estimate of drug-likeness (QED) is 0.937. The van der Waals surface area contributed by atoms with Gasteiger partial charge in [-0.25, -0.2) is 4.98 Å². The molecule has 3 rings (SSSR count). The number of hydrogen-bond donors (Lipinski definition) is 1. The van der Waals surface area contributed by atoms with E-state index in [0.717, 1.165) is 36.2 Å². The first-order valence-corrected chi connectivity index (χ1v) is 8.38. The van der Waals surface area contributed by atoms with Gasteiger partial charge in [0.15, 0.2) is 0 Å². The van der Waals surface area contributed by atoms with Gasteiger partial charge in [0.05, 0.1) is 7.11 Å². The number of anilines is 1. The summed E-state index contributed by atoms with van der Waals surface area (Å²) >= 11 is 1.50. The second kappa shape index (κ2) is 6.62. The van der Waals surface area contributed by atoms with Crippen molar-refractivity contribution >= 4 is 16.7 Å². The van der Waals surface area contributed by atoms with E-state index in [2.05, 4.69) is 40.6 Å². The zero-order valence-corrected chi connectivity index (χ0v) is 14.1. The first-order valence-electron chi connectivity index (χ1n) is 7.61. The molecule has 118 valence electrons. The Kier molecular flexibility index (Phi) is 4.59. The van der Waals surface area contributed by atoms with Crippen LogP contribution < -0.4 is 15.0 Å². The molecule has 1 N–H and O–H groups in total. The van der Waals surface area contributed by atoms with E-state index in [9.17, 15) is 0 Å². The molecule has 0 amide bonds. The van der Waals surface area contributed by atoms with Crippen LogP contribution in [-0.2, 0) is 6.42 Å². The van der Waals surface area contributed by atoms with Crippen LogP contribution in [0.2, 0.25) is 0 Å². The summed E-state index contributed by atoms with van der Waals surface area (Å²) in [5.74, 6) is 1.77. The number of piperazine rings is 1. The van der Waals surface area contributed by atoms with Gasteiger partial charge in [0.25, 0.3) is 0 Å². The lowest BCUT2D eigenvalue weighted by Gasteiger charge is -2.37. The highest BCUT2D eigenvalue weighted by molar-refractivity contribution is 7.09. The van der Waals surface area contributed by atoms with Gasteiger partial charge in [-0.1, -0.05) is 12.1 Å². The minimum atomic E-state index is 0.456. The van der Waals surface area contributed by atoms with Gasteiger partial charge in [0.1, 0.15) is 11.6 Å². The Morgan fingerprint density at radius 3 is 2.82 bits per heavy atom. The highest BCUT2D eigenvalue weighted by Gasteiger charge is 2.25. The summed E-state index contributed by atoms with van der Waals surface area (Å²) in [5.41, 5.74) is 1.20. The molecule has 0 aliphatic carbocycles. The molecular weight excluding hydrogens is 296 g/mol. The maximum atomic E-state index is 5.18. The second-order valence-corrected chi connectivity index (χ2v) is 6.56. The molecule has 0 bridgehead atoms. The minimum absolute atomic E-state index is 0.456. The number of nitrogens with zero attached hydrogens (tertiary/aromatic N) is 3. The molecule has 2 heterocycles. The average Bonchev–Trinajstić information content (AvgIpc) is 2.99. The fourth-order valence-electron chi connectivity index (χ4n) is 2.65. The smallest absolute Gasteiger partial charge is 0.205 e. The molecule has 0 spiro atoms. The molecule has 2 unspecified atom stereocenters. The standard InChI is InChI=1S/C16H22N4OS/c1-11-10-20(12(2)9-17-11)16-18-15(19-22-16)8-13-4-6-14(21-3)7-5-13/h4-7,11-12,17H,8-10H2,1-3H3. The Balaban J connectivity index is 1.70. The Morgan fingerprint density at radius 2 is 2.09 bits per heavy atom. The lowest BCUT2D eigenvalue weighted by atomic mass is 10.1. The van der Waals surface area contributed by atoms with Crippen molar-refractivity contribution in [2.24, 2.45) is 0 Å². The summed E-state index contributed by atoms with van der Waals surface area (Å²) in [6, 6.07) is 9.03. The van der Waals surface area contributed by atoms with Crippen LogP contribution in [0.25, 0.3) is 0 Å². The molecular formula is C16H22N4OS. The molecule has 1 aliphatic heterocycles. The van der Waals surface area contributed by atoms with Crippen molar-refractivity contribution in [1.82, 2.24) is 14.7 Å². The van der Waals surface area contributed by atoms with Crippen molar-refractivity contribution in [3.05, 3.63) is 35.7 Å². The van der Waals surface area contributed by atoms with Crippen LogP contribution in [0.5, 0.6) is 5.75 Å². The SMILES string of the molecule is COc1ccc(Cc2nsc(N3CC(C)NCC3C)n2)cc1. The summed E-state index contributed by atoms with van der Waals surface area (Å²) < 4.78 is 9.71. The molecule has 1 fully saturated rings. The molecule has 1 aromatic carbocycles. The largest absolute Gasteiger partial charge is 0.497 e. The molecule has 5 nitrogen and oxygen atoms in total. The highest BCUT2D eigenvalue weighted by atomic mass is 32.1. The molecule has 0 saturated carbocycles. The molecule has 2 aromatic rings. The van der Waals surface area contributed by atoms with Crippen LogP contribution in [0, 0.1) is 0 Å². The van der Waals surface area contributed by atoms with Gasteiger partial charge in [0.2, 0.25) is 5.13 Å². The van der Waals surface area contributed by atoms with Crippen LogP contribution in [-0.4, -0.2) is 41.6 Å². The fraction of sp³-hybridized carbons (Fsp3) is 0.500. The van der Waals surface area contributed by atoms with Gasteiger partial charge < -0.3 is 15.0 Å². The normalized spacial score (nSPS) is 21.9. The van der Waals surface area contributed by atoms with Gasteiger partial charge in [-0.05, 0) is 31.5 Å². The third kappa shape index (κ3) is 3.39. The number of aromatic nitrogens is 2. The van der Waals surface area contributed by atoms with Crippen molar-refractivity contribution in [2.75, 3.05) is 25.1 Å². The summed E-state index contributed by atoms with van der Waals surface area (Å²) in [6.07, 6.45) is 0.760. The summed E-state index contributed by atoms with van der Waals surface area (Å²) in [5, 5.41) is 4.52. The molecule has 2 atom stereocenters. The van der Waals surface area contributed by atoms with Crippen LogP contribution in [0.15, 0.2) is 24.3 Å². The lowest BCUT2D eigenvalue weighted by Crippen LogP contribution is -2.54. The van der Waals surface area contributed by atoms with Crippen LogP contribution in [0.1, 0.15) is 25.2 Å². The maximum absolute atomic E-state index is 5.18. The van der Waals surface area contributed by atoms with E-state index in [0.29, 0.717) is 12.1 Å². The van der Waals surface area contributed by atoms with Crippen molar-refractivity contribution in [3.8, 4) is 5.75 Å². The maximum Gasteiger partial charge on any atom is 0.205 e. The topological polar surface area (TPSA) is 50.3 Å². The van der Waals surface area contributed by atoms with E-state index < -0.39 is 0 Å². The summed E-state index contributed by atoms with van der Waals surface area (Å²) in [4.78, 5) is 7.09. The zero-order valence-electron chi connectivity index (χ0n) is 13.2. The minimum Gasteiger partial charge on any atom is -0.497 e. The third-order valence-electron chi connectivity index (χ3n) is 3.99. The molecule has 0 radical (unpaired) electrons. The Labute approximate surface area is 135 Å². The number of ether oxygens (including phenoxy) is 1. The van der Waals surface area contributed by atoms with Gasteiger partial charge in [-0.3, -0.25) is 0 Å². The number of rotatable bonds is 4. The zero-order chi connectivity index (χ0) is 15.5. The number of hydrogen-bond acceptors (Lipinski definition) is 6. The van der Waals surface area contributed by atoms with Crippen molar-refractivity contribution < 1.29 is 4.74 Å². The highest BCUT2D eigenvalue weighted by Crippen LogP contribution is 2.23. The second-order valence-electron chi connectivity index (χ2n) is 5.83. The summed E-state index contributed by atoms with van der Waals surface area (Å²) in [7, 11) is 1.68. The van der Waals surface area contributed by atoms with Gasteiger partial charge >= 0.3 is 0 Å². The molecule has 6 heteroatoms. The van der Waals surface area contributed by atoms with E-state index in [1.54, 1.807) is 7.11 Å². The van der Waals surface area contributed by atoms with E-state index in [-0.39, 0.29) is 0 Å². The number of benzene rings is 1. The lowest BCUT2D eigenvalue weighted by molar-refractivity contribution is 0.414. The van der Waals surface area contributed by atoms with Crippen LogP contribution >= 0.6 is 11.5 Å². The summed E-state index contributed by atoms with van der Waals surface area (Å²) in [6.45, 7) is 6.41. The van der Waals surface area contributed by atoms with Crippen molar-refractivity contribution in [3.63, 3.8) is 0 Å². The van der Waals surface area contributed by atoms with E-state index >= 15 is 0 Å².